The number of alkyl halides is 3. The summed E-state index contributed by atoms with van der Waals surface area (Å²) in [4.78, 5) is 13.5. The summed E-state index contributed by atoms with van der Waals surface area (Å²) in [6.45, 7) is 2.10. The Morgan fingerprint density at radius 3 is 2.83 bits per heavy atom. The van der Waals surface area contributed by atoms with Crippen LogP contribution in [0.1, 0.15) is 5.56 Å². The van der Waals surface area contributed by atoms with Crippen LogP contribution in [0.3, 0.4) is 0 Å². The maximum atomic E-state index is 12.5. The van der Waals surface area contributed by atoms with E-state index in [1.165, 1.54) is 12.1 Å². The molecule has 2 aliphatic heterocycles. The Morgan fingerprint density at radius 1 is 1.43 bits per heavy atom. The molecule has 8 heteroatoms. The lowest BCUT2D eigenvalue weighted by Gasteiger charge is -2.23. The second-order valence-electron chi connectivity index (χ2n) is 6.11. The molecule has 0 radical (unpaired) electrons. The molecule has 2 saturated heterocycles. The largest absolute Gasteiger partial charge is 0.573 e. The maximum Gasteiger partial charge on any atom is 0.573 e. The highest BCUT2D eigenvalue weighted by atomic mass is 19.4. The number of carboxylic acid groups (broad SMARTS) is 1. The van der Waals surface area contributed by atoms with Gasteiger partial charge in [0.05, 0.1) is 5.41 Å². The lowest BCUT2D eigenvalue weighted by molar-refractivity contribution is -0.275. The van der Waals surface area contributed by atoms with E-state index in [9.17, 15) is 23.1 Å². The zero-order valence-corrected chi connectivity index (χ0v) is 12.3. The van der Waals surface area contributed by atoms with Gasteiger partial charge < -0.3 is 15.2 Å². The zero-order valence-electron chi connectivity index (χ0n) is 12.3. The molecule has 2 aliphatic rings. The number of nitrogens with zero attached hydrogens (tertiary/aromatic N) is 1. The Hall–Kier alpha value is -1.80. The van der Waals surface area contributed by atoms with Gasteiger partial charge in [0.1, 0.15) is 5.75 Å². The van der Waals surface area contributed by atoms with Crippen LogP contribution in [0.4, 0.5) is 13.2 Å². The van der Waals surface area contributed by atoms with Crippen molar-refractivity contribution < 1.29 is 27.8 Å². The first-order valence-corrected chi connectivity index (χ1v) is 7.30. The van der Waals surface area contributed by atoms with Gasteiger partial charge in [-0.1, -0.05) is 18.2 Å². The van der Waals surface area contributed by atoms with E-state index in [1.54, 1.807) is 12.1 Å². The molecule has 23 heavy (non-hydrogen) atoms. The fourth-order valence-electron chi connectivity index (χ4n) is 3.55. The third-order valence-corrected chi connectivity index (χ3v) is 4.62. The molecule has 0 amide bonds. The second kappa shape index (κ2) is 5.68. The van der Waals surface area contributed by atoms with E-state index in [4.69, 9.17) is 0 Å². The average Bonchev–Trinajstić information content (AvgIpc) is 2.97. The quantitative estimate of drug-likeness (QED) is 0.880. The van der Waals surface area contributed by atoms with Crippen molar-refractivity contribution in [1.82, 2.24) is 10.2 Å². The summed E-state index contributed by atoms with van der Waals surface area (Å²) in [5.74, 6) is -1.12. The number of para-hydroxylation sites is 1. The molecule has 1 aromatic rings. The topological polar surface area (TPSA) is 61.8 Å². The molecule has 2 N–H and O–H groups in total. The smallest absolute Gasteiger partial charge is 0.481 e. The molecule has 126 valence electrons. The first-order chi connectivity index (χ1) is 10.8. The van der Waals surface area contributed by atoms with Crippen molar-refractivity contribution in [2.24, 2.45) is 11.3 Å². The molecule has 3 rings (SSSR count). The Bertz CT molecular complexity index is 608. The number of carbonyl (C=O) groups is 1. The summed E-state index contributed by atoms with van der Waals surface area (Å²) < 4.78 is 41.5. The van der Waals surface area contributed by atoms with Crippen LogP contribution in [0.15, 0.2) is 24.3 Å². The minimum Gasteiger partial charge on any atom is -0.481 e. The zero-order chi connectivity index (χ0) is 16.7. The molecule has 0 bridgehead atoms. The van der Waals surface area contributed by atoms with Gasteiger partial charge >= 0.3 is 12.3 Å². The Kier molecular flexibility index (Phi) is 3.97. The standard InChI is InChI=1S/C15H17F3N2O3/c16-15(17,18)23-12-4-2-1-3-10(12)6-20-7-11-5-19-8-14(11,9-20)13(21)22/h1-4,11,19H,5-9H2,(H,21,22)/t11-,14-/m0/s1. The van der Waals surface area contributed by atoms with Crippen LogP contribution in [-0.4, -0.2) is 48.5 Å². The van der Waals surface area contributed by atoms with Crippen molar-refractivity contribution in [3.63, 3.8) is 0 Å². The molecular weight excluding hydrogens is 313 g/mol. The SMILES string of the molecule is O=C(O)[C@]12CNC[C@H]1CN(Cc1ccccc1OC(F)(F)F)C2. The highest BCUT2D eigenvalue weighted by molar-refractivity contribution is 5.77. The summed E-state index contributed by atoms with van der Waals surface area (Å²) >= 11 is 0. The first kappa shape index (κ1) is 16.1. The van der Waals surface area contributed by atoms with Crippen LogP contribution in [0.25, 0.3) is 0 Å². The van der Waals surface area contributed by atoms with Crippen molar-refractivity contribution in [3.05, 3.63) is 29.8 Å². The number of nitrogens with one attached hydrogen (secondary N) is 1. The number of rotatable bonds is 4. The third kappa shape index (κ3) is 3.13. The highest BCUT2D eigenvalue weighted by Gasteiger charge is 2.55. The predicted octanol–water partition coefficient (Wildman–Crippen LogP) is 1.69. The van der Waals surface area contributed by atoms with Gasteiger partial charge in [-0.3, -0.25) is 9.69 Å². The molecule has 2 heterocycles. The lowest BCUT2D eigenvalue weighted by Crippen LogP contribution is -2.40. The van der Waals surface area contributed by atoms with Crippen LogP contribution in [0.5, 0.6) is 5.75 Å². The molecule has 0 aliphatic carbocycles. The third-order valence-electron chi connectivity index (χ3n) is 4.62. The van der Waals surface area contributed by atoms with Gasteiger partial charge in [0.2, 0.25) is 0 Å². The number of fused-ring (bicyclic) bond motifs is 1. The van der Waals surface area contributed by atoms with E-state index < -0.39 is 17.7 Å². The number of carboxylic acids is 1. The first-order valence-electron chi connectivity index (χ1n) is 7.30. The molecule has 0 saturated carbocycles. The van der Waals surface area contributed by atoms with E-state index >= 15 is 0 Å². The van der Waals surface area contributed by atoms with Gasteiger partial charge in [0.25, 0.3) is 0 Å². The van der Waals surface area contributed by atoms with Crippen LogP contribution < -0.4 is 10.1 Å². The number of aliphatic carboxylic acids is 1. The van der Waals surface area contributed by atoms with Gasteiger partial charge in [-0.2, -0.15) is 0 Å². The van der Waals surface area contributed by atoms with Crippen LogP contribution in [0.2, 0.25) is 0 Å². The van der Waals surface area contributed by atoms with E-state index in [2.05, 4.69) is 10.1 Å². The van der Waals surface area contributed by atoms with E-state index in [0.717, 1.165) is 0 Å². The Morgan fingerprint density at radius 2 is 2.17 bits per heavy atom. The van der Waals surface area contributed by atoms with Gasteiger partial charge in [-0.25, -0.2) is 0 Å². The van der Waals surface area contributed by atoms with Gasteiger partial charge in [-0.05, 0) is 6.07 Å². The highest BCUT2D eigenvalue weighted by Crippen LogP contribution is 2.40. The van der Waals surface area contributed by atoms with Gasteiger partial charge in [0.15, 0.2) is 0 Å². The molecule has 1 aromatic carbocycles. The summed E-state index contributed by atoms with van der Waals surface area (Å²) in [5, 5.41) is 12.6. The fraction of sp³-hybridized carbons (Fsp3) is 0.533. The Balaban J connectivity index is 1.75. The van der Waals surface area contributed by atoms with Crippen molar-refractivity contribution in [2.45, 2.75) is 12.9 Å². The van der Waals surface area contributed by atoms with Crippen LogP contribution in [0, 0.1) is 11.3 Å². The minimum absolute atomic E-state index is 0.0318. The predicted molar refractivity (Wildman–Crippen MR) is 74.8 cm³/mol. The number of halogens is 3. The molecule has 5 nitrogen and oxygen atoms in total. The van der Waals surface area contributed by atoms with E-state index in [1.807, 2.05) is 4.90 Å². The number of benzene rings is 1. The molecule has 0 spiro atoms. The van der Waals surface area contributed by atoms with Crippen LogP contribution in [-0.2, 0) is 11.3 Å². The summed E-state index contributed by atoms with van der Waals surface area (Å²) in [5.41, 5.74) is -0.446. The van der Waals surface area contributed by atoms with Crippen molar-refractivity contribution >= 4 is 5.97 Å². The van der Waals surface area contributed by atoms with E-state index in [-0.39, 0.29) is 18.2 Å². The summed E-state index contributed by atoms with van der Waals surface area (Å²) in [7, 11) is 0. The average molecular weight is 330 g/mol. The summed E-state index contributed by atoms with van der Waals surface area (Å²) in [6, 6.07) is 5.96. The molecule has 2 atom stereocenters. The van der Waals surface area contributed by atoms with Gasteiger partial charge in [0, 0.05) is 44.2 Å². The van der Waals surface area contributed by atoms with Crippen LogP contribution >= 0.6 is 0 Å². The molecule has 0 unspecified atom stereocenters. The monoisotopic (exact) mass is 330 g/mol. The number of ether oxygens (including phenoxy) is 1. The fourth-order valence-corrected chi connectivity index (χ4v) is 3.55. The molecular formula is C15H17F3N2O3. The van der Waals surface area contributed by atoms with Crippen molar-refractivity contribution in [3.8, 4) is 5.75 Å². The molecule has 0 aromatic heterocycles. The lowest BCUT2D eigenvalue weighted by atomic mass is 9.81. The number of hydrogen-bond acceptors (Lipinski definition) is 4. The van der Waals surface area contributed by atoms with Gasteiger partial charge in [-0.15, -0.1) is 13.2 Å². The summed E-state index contributed by atoms with van der Waals surface area (Å²) in [6.07, 6.45) is -4.75. The normalized spacial score (nSPS) is 27.9. The Labute approximate surface area is 131 Å². The second-order valence-corrected chi connectivity index (χ2v) is 6.11. The van der Waals surface area contributed by atoms with E-state index in [0.29, 0.717) is 31.7 Å². The minimum atomic E-state index is -4.75. The van der Waals surface area contributed by atoms with Crippen molar-refractivity contribution in [1.29, 1.82) is 0 Å². The maximum absolute atomic E-state index is 12.5. The number of hydrogen-bond donors (Lipinski definition) is 2. The molecule has 2 fully saturated rings. The van der Waals surface area contributed by atoms with Crippen molar-refractivity contribution in [2.75, 3.05) is 26.2 Å². The number of likely N-dealkylation sites (tertiary alicyclic amines) is 1.